The van der Waals surface area contributed by atoms with Gasteiger partial charge in [-0.05, 0) is 61.9 Å². The molecule has 0 radical (unpaired) electrons. The standard InChI is InChI=1S/C24H29ClO6/c1-2-31-22-8-5-7-21(25)20(22)16-30-15-18(6-3-4-9-23(26)27)14-17-10-12-19(13-11-17)24(28)29/h5,7-8,10-13,18H,2-4,6,9,14-16H2,1H3,(H,26,27)(H,28,29). The monoisotopic (exact) mass is 448 g/mol. The Morgan fingerprint density at radius 3 is 2.45 bits per heavy atom. The van der Waals surface area contributed by atoms with E-state index in [1.54, 1.807) is 18.2 Å². The molecule has 0 aliphatic carbocycles. The molecular weight excluding hydrogens is 420 g/mol. The van der Waals surface area contributed by atoms with Gasteiger partial charge in [-0.15, -0.1) is 0 Å². The molecule has 0 spiro atoms. The Balaban J connectivity index is 1.99. The van der Waals surface area contributed by atoms with Gasteiger partial charge in [0, 0.05) is 17.0 Å². The van der Waals surface area contributed by atoms with Gasteiger partial charge in [-0.1, -0.05) is 36.2 Å². The van der Waals surface area contributed by atoms with Gasteiger partial charge in [0.25, 0.3) is 0 Å². The Bertz CT molecular complexity index is 850. The van der Waals surface area contributed by atoms with Gasteiger partial charge in [-0.2, -0.15) is 0 Å². The fraction of sp³-hybridized carbons (Fsp3) is 0.417. The molecule has 0 fully saturated rings. The Morgan fingerprint density at radius 1 is 1.06 bits per heavy atom. The van der Waals surface area contributed by atoms with Crippen LogP contribution < -0.4 is 4.74 Å². The quantitative estimate of drug-likeness (QED) is 0.373. The van der Waals surface area contributed by atoms with E-state index in [9.17, 15) is 9.59 Å². The molecule has 0 aliphatic heterocycles. The van der Waals surface area contributed by atoms with Crippen molar-refractivity contribution in [3.63, 3.8) is 0 Å². The van der Waals surface area contributed by atoms with Gasteiger partial charge < -0.3 is 19.7 Å². The molecule has 0 saturated heterocycles. The van der Waals surface area contributed by atoms with Crippen LogP contribution in [-0.2, 0) is 22.6 Å². The molecule has 2 aromatic carbocycles. The van der Waals surface area contributed by atoms with Crippen LogP contribution in [0.4, 0.5) is 0 Å². The first-order chi connectivity index (χ1) is 14.9. The second kappa shape index (κ2) is 13.0. The maximum absolute atomic E-state index is 11.1. The number of hydrogen-bond acceptors (Lipinski definition) is 4. The molecule has 31 heavy (non-hydrogen) atoms. The molecule has 0 amide bonds. The summed E-state index contributed by atoms with van der Waals surface area (Å²) in [6.07, 6.45) is 3.08. The van der Waals surface area contributed by atoms with Crippen LogP contribution in [0, 0.1) is 5.92 Å². The number of aromatic carboxylic acids is 1. The number of ether oxygens (including phenoxy) is 2. The highest BCUT2D eigenvalue weighted by atomic mass is 35.5. The van der Waals surface area contributed by atoms with Gasteiger partial charge in [0.1, 0.15) is 5.75 Å². The van der Waals surface area contributed by atoms with E-state index < -0.39 is 11.9 Å². The molecule has 0 bridgehead atoms. The molecule has 1 atom stereocenters. The van der Waals surface area contributed by atoms with Crippen LogP contribution in [0.3, 0.4) is 0 Å². The summed E-state index contributed by atoms with van der Waals surface area (Å²) in [5.41, 5.74) is 2.08. The van der Waals surface area contributed by atoms with E-state index in [0.717, 1.165) is 24.0 Å². The first-order valence-electron chi connectivity index (χ1n) is 10.4. The average molecular weight is 449 g/mol. The summed E-state index contributed by atoms with van der Waals surface area (Å²) in [4.78, 5) is 21.8. The molecular formula is C24H29ClO6. The summed E-state index contributed by atoms with van der Waals surface area (Å²) >= 11 is 6.32. The van der Waals surface area contributed by atoms with Crippen LogP contribution >= 0.6 is 11.6 Å². The summed E-state index contributed by atoms with van der Waals surface area (Å²) < 4.78 is 11.6. The van der Waals surface area contributed by atoms with Gasteiger partial charge >= 0.3 is 11.9 Å². The second-order valence-corrected chi connectivity index (χ2v) is 7.78. The number of benzene rings is 2. The normalized spacial score (nSPS) is 11.8. The van der Waals surface area contributed by atoms with Crippen molar-refractivity contribution >= 4 is 23.5 Å². The van der Waals surface area contributed by atoms with Crippen LogP contribution in [0.1, 0.15) is 54.1 Å². The summed E-state index contributed by atoms with van der Waals surface area (Å²) in [6.45, 7) is 3.24. The topological polar surface area (TPSA) is 93.1 Å². The third kappa shape index (κ3) is 8.59. The first-order valence-corrected chi connectivity index (χ1v) is 10.8. The Kier molecular flexibility index (Phi) is 10.3. The molecule has 0 aromatic heterocycles. The summed E-state index contributed by atoms with van der Waals surface area (Å²) in [5.74, 6) is -0.871. The Hall–Kier alpha value is -2.57. The van der Waals surface area contributed by atoms with Crippen molar-refractivity contribution < 1.29 is 29.3 Å². The van der Waals surface area contributed by atoms with Crippen LogP contribution in [0.15, 0.2) is 42.5 Å². The number of carbonyl (C=O) groups is 2. The smallest absolute Gasteiger partial charge is 0.335 e. The molecule has 1 unspecified atom stereocenters. The average Bonchev–Trinajstić information content (AvgIpc) is 2.73. The van der Waals surface area contributed by atoms with E-state index in [1.165, 1.54) is 0 Å². The third-order valence-electron chi connectivity index (χ3n) is 4.95. The maximum atomic E-state index is 11.1. The van der Waals surface area contributed by atoms with Gasteiger partial charge in [-0.3, -0.25) is 4.79 Å². The van der Waals surface area contributed by atoms with Crippen molar-refractivity contribution in [3.8, 4) is 5.75 Å². The predicted octanol–water partition coefficient (Wildman–Crippen LogP) is 5.46. The van der Waals surface area contributed by atoms with E-state index in [1.807, 2.05) is 31.2 Å². The predicted molar refractivity (Wildman–Crippen MR) is 119 cm³/mol. The minimum absolute atomic E-state index is 0.151. The minimum atomic E-state index is -0.954. The second-order valence-electron chi connectivity index (χ2n) is 7.38. The third-order valence-corrected chi connectivity index (χ3v) is 5.31. The lowest BCUT2D eigenvalue weighted by molar-refractivity contribution is -0.137. The molecule has 2 aromatic rings. The number of hydrogen-bond donors (Lipinski definition) is 2. The van der Waals surface area contributed by atoms with E-state index in [0.29, 0.717) is 43.4 Å². The Morgan fingerprint density at radius 2 is 1.81 bits per heavy atom. The van der Waals surface area contributed by atoms with Crippen molar-refractivity contribution in [1.82, 2.24) is 0 Å². The molecule has 2 N–H and O–H groups in total. The first kappa shape index (κ1) is 24.7. The van der Waals surface area contributed by atoms with E-state index >= 15 is 0 Å². The van der Waals surface area contributed by atoms with Crippen LogP contribution in [0.25, 0.3) is 0 Å². The lowest BCUT2D eigenvalue weighted by Gasteiger charge is -2.19. The highest BCUT2D eigenvalue weighted by Crippen LogP contribution is 2.28. The van der Waals surface area contributed by atoms with Gasteiger partial charge in [0.2, 0.25) is 0 Å². The maximum Gasteiger partial charge on any atom is 0.335 e. The fourth-order valence-corrected chi connectivity index (χ4v) is 3.59. The lowest BCUT2D eigenvalue weighted by Crippen LogP contribution is -2.14. The lowest BCUT2D eigenvalue weighted by atomic mass is 9.94. The van der Waals surface area contributed by atoms with Gasteiger partial charge in [0.05, 0.1) is 25.4 Å². The molecule has 0 aliphatic rings. The molecule has 0 heterocycles. The number of aliphatic carboxylic acids is 1. The number of carboxylic acid groups (broad SMARTS) is 2. The van der Waals surface area contributed by atoms with Crippen molar-refractivity contribution in [2.45, 2.75) is 45.6 Å². The van der Waals surface area contributed by atoms with Gasteiger partial charge in [0.15, 0.2) is 0 Å². The Labute approximate surface area is 187 Å². The van der Waals surface area contributed by atoms with E-state index in [-0.39, 0.29) is 17.9 Å². The van der Waals surface area contributed by atoms with E-state index in [4.69, 9.17) is 31.3 Å². The zero-order chi connectivity index (χ0) is 22.6. The number of unbranched alkanes of at least 4 members (excludes halogenated alkanes) is 1. The fourth-order valence-electron chi connectivity index (χ4n) is 3.37. The summed E-state index contributed by atoms with van der Waals surface area (Å²) in [5, 5.41) is 18.5. The van der Waals surface area contributed by atoms with Crippen molar-refractivity contribution in [2.75, 3.05) is 13.2 Å². The zero-order valence-corrected chi connectivity index (χ0v) is 18.4. The molecule has 2 rings (SSSR count). The number of rotatable bonds is 14. The molecule has 7 heteroatoms. The van der Waals surface area contributed by atoms with E-state index in [2.05, 4.69) is 0 Å². The highest BCUT2D eigenvalue weighted by Gasteiger charge is 2.14. The molecule has 168 valence electrons. The summed E-state index contributed by atoms with van der Waals surface area (Å²) in [7, 11) is 0. The van der Waals surface area contributed by atoms with Crippen LogP contribution in [0.2, 0.25) is 5.02 Å². The van der Waals surface area contributed by atoms with Crippen molar-refractivity contribution in [1.29, 1.82) is 0 Å². The van der Waals surface area contributed by atoms with Gasteiger partial charge in [-0.25, -0.2) is 4.79 Å². The largest absolute Gasteiger partial charge is 0.493 e. The van der Waals surface area contributed by atoms with Crippen molar-refractivity contribution in [3.05, 3.63) is 64.2 Å². The SMILES string of the molecule is CCOc1cccc(Cl)c1COCC(CCCCC(=O)O)Cc1ccc(C(=O)O)cc1. The minimum Gasteiger partial charge on any atom is -0.493 e. The molecule has 0 saturated carbocycles. The highest BCUT2D eigenvalue weighted by molar-refractivity contribution is 6.31. The summed E-state index contributed by atoms with van der Waals surface area (Å²) in [6, 6.07) is 12.3. The number of halogens is 1. The number of carboxylic acids is 2. The van der Waals surface area contributed by atoms with Crippen LogP contribution in [0.5, 0.6) is 5.75 Å². The van der Waals surface area contributed by atoms with Crippen LogP contribution in [-0.4, -0.2) is 35.4 Å². The van der Waals surface area contributed by atoms with Crippen molar-refractivity contribution in [2.24, 2.45) is 5.92 Å². The molecule has 6 nitrogen and oxygen atoms in total. The zero-order valence-electron chi connectivity index (χ0n) is 17.7.